The Hall–Kier alpha value is -1.04. The molecule has 0 radical (unpaired) electrons. The molecule has 0 spiro atoms. The molecule has 0 aliphatic carbocycles. The Balaban J connectivity index is 1.84. The smallest absolute Gasteiger partial charge is 0.233 e. The lowest BCUT2D eigenvalue weighted by atomic mass is 10.0. The minimum Gasteiger partial charge on any atom is -0.379 e. The van der Waals surface area contributed by atoms with Crippen molar-refractivity contribution in [2.45, 2.75) is 43.4 Å². The number of thioether (sulfide) groups is 1. The molecule has 1 aromatic rings. The number of carbonyl (C=O) groups excluding carboxylic acids is 1. The molecule has 24 heavy (non-hydrogen) atoms. The van der Waals surface area contributed by atoms with E-state index >= 15 is 0 Å². The number of morpholine rings is 1. The highest BCUT2D eigenvalue weighted by molar-refractivity contribution is 8.00. The van der Waals surface area contributed by atoms with Gasteiger partial charge in [-0.1, -0.05) is 32.0 Å². The highest BCUT2D eigenvalue weighted by Gasteiger charge is 2.23. The maximum absolute atomic E-state index is 12.4. The zero-order chi connectivity index (χ0) is 17.4. The molecule has 0 bridgehead atoms. The summed E-state index contributed by atoms with van der Waals surface area (Å²) in [4.78, 5) is 16.0. The number of nitrogens with zero attached hydrogens (tertiary/aromatic N) is 1. The fraction of sp³-hybridized carbons (Fsp3) is 0.632. The van der Waals surface area contributed by atoms with E-state index in [1.165, 1.54) is 0 Å². The van der Waals surface area contributed by atoms with Crippen LogP contribution in [-0.4, -0.2) is 54.9 Å². The van der Waals surface area contributed by atoms with Crippen LogP contribution in [0.3, 0.4) is 0 Å². The number of rotatable bonds is 8. The molecular weight excluding hydrogens is 320 g/mol. The highest BCUT2D eigenvalue weighted by atomic mass is 32.2. The van der Waals surface area contributed by atoms with E-state index < -0.39 is 0 Å². The first-order chi connectivity index (χ1) is 11.6. The summed E-state index contributed by atoms with van der Waals surface area (Å²) in [5.41, 5.74) is 0. The van der Waals surface area contributed by atoms with Gasteiger partial charge >= 0.3 is 0 Å². The first kappa shape index (κ1) is 19.3. The standard InChI is InChI=1S/C19H30N2O2S/c1-15(2)13-17(21-9-11-23-12-10-21)14-20-19(22)16(3)24-18-7-5-4-6-8-18/h4-8,15-17H,9-14H2,1-3H3,(H,20,22)/t16-,17-/m0/s1. The van der Waals surface area contributed by atoms with Crippen LogP contribution in [0.1, 0.15) is 27.2 Å². The number of benzene rings is 1. The van der Waals surface area contributed by atoms with Crippen LogP contribution in [0.4, 0.5) is 0 Å². The molecule has 1 aromatic carbocycles. The van der Waals surface area contributed by atoms with E-state index in [-0.39, 0.29) is 11.2 Å². The van der Waals surface area contributed by atoms with E-state index in [0.29, 0.717) is 12.0 Å². The average Bonchev–Trinajstić information content (AvgIpc) is 2.59. The average molecular weight is 351 g/mol. The van der Waals surface area contributed by atoms with Crippen molar-refractivity contribution in [3.05, 3.63) is 30.3 Å². The molecular formula is C19H30N2O2S. The maximum atomic E-state index is 12.4. The van der Waals surface area contributed by atoms with Crippen molar-refractivity contribution in [3.63, 3.8) is 0 Å². The molecule has 0 unspecified atom stereocenters. The summed E-state index contributed by atoms with van der Waals surface area (Å²) >= 11 is 1.61. The second-order valence-electron chi connectivity index (χ2n) is 6.75. The Morgan fingerprint density at radius 3 is 2.50 bits per heavy atom. The summed E-state index contributed by atoms with van der Waals surface area (Å²) in [6, 6.07) is 10.5. The molecule has 2 atom stereocenters. The van der Waals surface area contributed by atoms with Crippen LogP contribution >= 0.6 is 11.8 Å². The Morgan fingerprint density at radius 1 is 1.21 bits per heavy atom. The fourth-order valence-corrected chi connectivity index (χ4v) is 3.88. The topological polar surface area (TPSA) is 41.6 Å². The molecule has 2 rings (SSSR count). The van der Waals surface area contributed by atoms with E-state index in [4.69, 9.17) is 4.74 Å². The molecule has 0 saturated carbocycles. The number of carbonyl (C=O) groups is 1. The lowest BCUT2D eigenvalue weighted by Crippen LogP contribution is -2.50. The first-order valence-electron chi connectivity index (χ1n) is 8.87. The Labute approximate surface area is 150 Å². The van der Waals surface area contributed by atoms with Gasteiger partial charge in [-0.15, -0.1) is 11.8 Å². The molecule has 4 nitrogen and oxygen atoms in total. The third-order valence-electron chi connectivity index (χ3n) is 4.24. The van der Waals surface area contributed by atoms with Crippen molar-refractivity contribution in [2.75, 3.05) is 32.8 Å². The predicted octanol–water partition coefficient (Wildman–Crippen LogP) is 3.03. The van der Waals surface area contributed by atoms with E-state index in [0.717, 1.165) is 44.2 Å². The zero-order valence-corrected chi connectivity index (χ0v) is 15.8. The summed E-state index contributed by atoms with van der Waals surface area (Å²) in [5, 5.41) is 3.08. The molecule has 0 aromatic heterocycles. The number of nitrogens with one attached hydrogen (secondary N) is 1. The molecule has 1 fully saturated rings. The fourth-order valence-electron chi connectivity index (χ4n) is 2.97. The minimum atomic E-state index is -0.0863. The van der Waals surface area contributed by atoms with Gasteiger partial charge in [-0.2, -0.15) is 0 Å². The summed E-state index contributed by atoms with van der Waals surface area (Å²) in [7, 11) is 0. The normalized spacial score (nSPS) is 18.3. The molecule has 1 saturated heterocycles. The van der Waals surface area contributed by atoms with Crippen LogP contribution in [0, 0.1) is 5.92 Å². The summed E-state index contributed by atoms with van der Waals surface area (Å²) in [5.74, 6) is 0.733. The number of amides is 1. The largest absolute Gasteiger partial charge is 0.379 e. The molecule has 1 aliphatic rings. The molecule has 1 amide bonds. The van der Waals surface area contributed by atoms with Crippen LogP contribution in [0.25, 0.3) is 0 Å². The predicted molar refractivity (Wildman–Crippen MR) is 100 cm³/mol. The Kier molecular flexibility index (Phi) is 8.09. The summed E-state index contributed by atoms with van der Waals surface area (Å²) in [6.07, 6.45) is 1.10. The van der Waals surface area contributed by atoms with Gasteiger partial charge in [0.05, 0.1) is 18.5 Å². The van der Waals surface area contributed by atoms with E-state index in [2.05, 4.69) is 24.1 Å². The van der Waals surface area contributed by atoms with Crippen molar-refractivity contribution in [2.24, 2.45) is 5.92 Å². The number of hydrogen-bond acceptors (Lipinski definition) is 4. The van der Waals surface area contributed by atoms with Crippen molar-refractivity contribution < 1.29 is 9.53 Å². The van der Waals surface area contributed by atoms with Gasteiger partial charge in [0, 0.05) is 30.6 Å². The van der Waals surface area contributed by atoms with E-state index in [1.54, 1.807) is 11.8 Å². The Morgan fingerprint density at radius 2 is 1.88 bits per heavy atom. The van der Waals surface area contributed by atoms with Crippen molar-refractivity contribution in [1.29, 1.82) is 0 Å². The van der Waals surface area contributed by atoms with Gasteiger partial charge in [-0.25, -0.2) is 0 Å². The number of ether oxygens (including phenoxy) is 1. The van der Waals surface area contributed by atoms with Gasteiger partial charge in [0.2, 0.25) is 5.91 Å². The van der Waals surface area contributed by atoms with Gasteiger partial charge in [0.15, 0.2) is 0 Å². The third kappa shape index (κ3) is 6.46. The van der Waals surface area contributed by atoms with Gasteiger partial charge in [0.1, 0.15) is 0 Å². The second-order valence-corrected chi connectivity index (χ2v) is 8.16. The SMILES string of the molecule is CC(C)C[C@@H](CNC(=O)[C@H](C)Sc1ccccc1)N1CCOCC1. The molecule has 134 valence electrons. The lowest BCUT2D eigenvalue weighted by Gasteiger charge is -2.35. The number of hydrogen-bond donors (Lipinski definition) is 1. The van der Waals surface area contributed by atoms with Crippen LogP contribution in [0.5, 0.6) is 0 Å². The maximum Gasteiger partial charge on any atom is 0.233 e. The Bertz CT molecular complexity index is 489. The van der Waals surface area contributed by atoms with Gasteiger partial charge in [-0.3, -0.25) is 9.69 Å². The van der Waals surface area contributed by atoms with Crippen molar-refractivity contribution in [3.8, 4) is 0 Å². The summed E-state index contributed by atoms with van der Waals surface area (Å²) < 4.78 is 5.45. The van der Waals surface area contributed by atoms with Crippen LogP contribution in [0.15, 0.2) is 35.2 Å². The molecule has 5 heteroatoms. The quantitative estimate of drug-likeness (QED) is 0.732. The van der Waals surface area contributed by atoms with Gasteiger partial charge in [0.25, 0.3) is 0 Å². The minimum absolute atomic E-state index is 0.0863. The monoisotopic (exact) mass is 350 g/mol. The summed E-state index contributed by atoms with van der Waals surface area (Å²) in [6.45, 7) is 10.7. The second kappa shape index (κ2) is 10.1. The lowest BCUT2D eigenvalue weighted by molar-refractivity contribution is -0.120. The van der Waals surface area contributed by atoms with E-state index in [1.807, 2.05) is 37.3 Å². The zero-order valence-electron chi connectivity index (χ0n) is 15.0. The molecule has 1 N–H and O–H groups in total. The van der Waals surface area contributed by atoms with Crippen molar-refractivity contribution >= 4 is 17.7 Å². The van der Waals surface area contributed by atoms with Crippen LogP contribution < -0.4 is 5.32 Å². The molecule has 1 heterocycles. The van der Waals surface area contributed by atoms with Gasteiger partial charge in [-0.05, 0) is 31.4 Å². The first-order valence-corrected chi connectivity index (χ1v) is 9.75. The third-order valence-corrected chi connectivity index (χ3v) is 5.35. The van der Waals surface area contributed by atoms with Crippen LogP contribution in [0.2, 0.25) is 0 Å². The van der Waals surface area contributed by atoms with Gasteiger partial charge < -0.3 is 10.1 Å². The van der Waals surface area contributed by atoms with Crippen molar-refractivity contribution in [1.82, 2.24) is 10.2 Å². The highest BCUT2D eigenvalue weighted by Crippen LogP contribution is 2.22. The van der Waals surface area contributed by atoms with E-state index in [9.17, 15) is 4.79 Å². The molecule has 1 aliphatic heterocycles. The van der Waals surface area contributed by atoms with Crippen LogP contribution in [-0.2, 0) is 9.53 Å².